The predicted molar refractivity (Wildman–Crippen MR) is 73.1 cm³/mol. The Morgan fingerprint density at radius 2 is 0.529 bits per heavy atom. The van der Waals surface area contributed by atoms with Crippen molar-refractivity contribution in [2.45, 2.75) is 41.5 Å². The molecule has 0 amide bonds. The van der Waals surface area contributed by atoms with Crippen LogP contribution in [0.25, 0.3) is 0 Å². The quantitative estimate of drug-likeness (QED) is 0.447. The molecule has 4 nitrogen and oxygen atoms in total. The SMILES string of the molecule is CCO.CCO.CCO.CCO.[CH2-]C.[CH2-]C.[Ta+2]. The Kier molecular flexibility index (Phi) is 487. The van der Waals surface area contributed by atoms with Crippen LogP contribution in [-0.4, -0.2) is 46.9 Å². The Bertz CT molecular complexity index is 26.5. The van der Waals surface area contributed by atoms with E-state index < -0.39 is 0 Å². The maximum atomic E-state index is 7.57. The summed E-state index contributed by atoms with van der Waals surface area (Å²) >= 11 is 0. The fourth-order valence-corrected chi connectivity index (χ4v) is 0. The van der Waals surface area contributed by atoms with Crippen molar-refractivity contribution in [3.63, 3.8) is 0 Å². The van der Waals surface area contributed by atoms with E-state index in [9.17, 15) is 0 Å². The molecule has 0 aliphatic heterocycles. The molecular weight excluding hydrogens is 389 g/mol. The summed E-state index contributed by atoms with van der Waals surface area (Å²) in [5.41, 5.74) is 0. The van der Waals surface area contributed by atoms with Gasteiger partial charge in [0.25, 0.3) is 0 Å². The Hall–Kier alpha value is 0.580. The Labute approximate surface area is 125 Å². The molecular formula is C12H34O4Ta. The van der Waals surface area contributed by atoms with Crippen molar-refractivity contribution in [3.05, 3.63) is 13.8 Å². The van der Waals surface area contributed by atoms with Crippen LogP contribution in [0.3, 0.4) is 0 Å². The van der Waals surface area contributed by atoms with E-state index in [1.165, 1.54) is 0 Å². The summed E-state index contributed by atoms with van der Waals surface area (Å²) in [6.07, 6.45) is 0. The Morgan fingerprint density at radius 1 is 0.529 bits per heavy atom. The molecule has 0 aliphatic carbocycles. The molecule has 0 atom stereocenters. The molecule has 4 N–H and O–H groups in total. The summed E-state index contributed by atoms with van der Waals surface area (Å²) < 4.78 is 0. The van der Waals surface area contributed by atoms with Gasteiger partial charge in [0.2, 0.25) is 0 Å². The average Bonchev–Trinajstić information content (AvgIpc) is 2.27. The molecule has 0 saturated carbocycles. The molecule has 0 fully saturated rings. The fraction of sp³-hybridized carbons (Fsp3) is 0.833. The fourth-order valence-electron chi connectivity index (χ4n) is 0. The first-order chi connectivity index (χ1) is 7.66. The van der Waals surface area contributed by atoms with E-state index in [-0.39, 0.29) is 48.8 Å². The van der Waals surface area contributed by atoms with Gasteiger partial charge in [-0.2, -0.15) is 13.8 Å². The van der Waals surface area contributed by atoms with E-state index in [0.29, 0.717) is 0 Å². The maximum Gasteiger partial charge on any atom is 2.00 e. The number of hydrogen-bond donors (Lipinski definition) is 4. The van der Waals surface area contributed by atoms with Crippen LogP contribution in [0.1, 0.15) is 41.5 Å². The van der Waals surface area contributed by atoms with Crippen LogP contribution in [0.15, 0.2) is 0 Å². The van der Waals surface area contributed by atoms with Crippen molar-refractivity contribution in [3.8, 4) is 0 Å². The molecule has 5 heteroatoms. The monoisotopic (exact) mass is 423 g/mol. The van der Waals surface area contributed by atoms with Crippen LogP contribution < -0.4 is 0 Å². The first-order valence-electron chi connectivity index (χ1n) is 5.51. The summed E-state index contributed by atoms with van der Waals surface area (Å²) in [4.78, 5) is 0. The number of aliphatic hydroxyl groups is 4. The second-order valence-electron chi connectivity index (χ2n) is 1.26. The molecule has 0 bridgehead atoms. The summed E-state index contributed by atoms with van der Waals surface area (Å²) in [7, 11) is 0. The molecule has 111 valence electrons. The van der Waals surface area contributed by atoms with Gasteiger partial charge >= 0.3 is 22.4 Å². The molecule has 0 aliphatic rings. The van der Waals surface area contributed by atoms with Gasteiger partial charge in [-0.15, -0.1) is 0 Å². The van der Waals surface area contributed by atoms with Gasteiger partial charge in [0.1, 0.15) is 0 Å². The zero-order valence-electron chi connectivity index (χ0n) is 12.5. The van der Waals surface area contributed by atoms with Crippen molar-refractivity contribution in [1.82, 2.24) is 0 Å². The summed E-state index contributed by atoms with van der Waals surface area (Å²) in [5.74, 6) is 0. The van der Waals surface area contributed by atoms with Gasteiger partial charge in [0.15, 0.2) is 0 Å². The first kappa shape index (κ1) is 43.2. The normalized spacial score (nSPS) is 4.94. The van der Waals surface area contributed by atoms with E-state index in [1.807, 2.05) is 0 Å². The third-order valence-corrected chi connectivity index (χ3v) is 0. The summed E-state index contributed by atoms with van der Waals surface area (Å²) in [5, 5.41) is 30.3. The third-order valence-electron chi connectivity index (χ3n) is 0. The maximum absolute atomic E-state index is 7.57. The minimum Gasteiger partial charge on any atom is -0.397 e. The third kappa shape index (κ3) is 10500. The van der Waals surface area contributed by atoms with Crippen molar-refractivity contribution in [1.29, 1.82) is 0 Å². The molecule has 0 aromatic carbocycles. The van der Waals surface area contributed by atoms with Crippen molar-refractivity contribution in [2.75, 3.05) is 26.4 Å². The van der Waals surface area contributed by atoms with E-state index >= 15 is 0 Å². The minimum absolute atomic E-state index is 0. The molecule has 0 heterocycles. The van der Waals surface area contributed by atoms with Gasteiger partial charge in [0, 0.05) is 26.4 Å². The molecule has 17 heavy (non-hydrogen) atoms. The molecule has 0 aromatic heterocycles. The molecule has 0 saturated heterocycles. The second kappa shape index (κ2) is 192. The summed E-state index contributed by atoms with van der Waals surface area (Å²) in [6.45, 7) is 17.7. The van der Waals surface area contributed by atoms with Gasteiger partial charge in [-0.25, -0.2) is 0 Å². The van der Waals surface area contributed by atoms with Crippen molar-refractivity contribution < 1.29 is 42.8 Å². The van der Waals surface area contributed by atoms with Crippen LogP contribution in [0.2, 0.25) is 0 Å². The van der Waals surface area contributed by atoms with Crippen LogP contribution in [0, 0.1) is 13.8 Å². The smallest absolute Gasteiger partial charge is 0.397 e. The summed E-state index contributed by atoms with van der Waals surface area (Å²) in [6, 6.07) is 0. The largest absolute Gasteiger partial charge is 2.00 e. The van der Waals surface area contributed by atoms with Crippen molar-refractivity contribution in [2.24, 2.45) is 0 Å². The van der Waals surface area contributed by atoms with Crippen LogP contribution in [-0.2, 0) is 22.4 Å². The zero-order valence-corrected chi connectivity index (χ0v) is 15.7. The molecule has 1 radical (unpaired) electrons. The Balaban J connectivity index is -0.0000000141. The van der Waals surface area contributed by atoms with Gasteiger partial charge in [-0.3, -0.25) is 0 Å². The number of aliphatic hydroxyl groups excluding tert-OH is 4. The Morgan fingerprint density at radius 3 is 0.529 bits per heavy atom. The zero-order chi connectivity index (χ0) is 14.8. The number of rotatable bonds is 0. The van der Waals surface area contributed by atoms with Crippen molar-refractivity contribution >= 4 is 0 Å². The standard InChI is InChI=1S/4C2H6O.2C2H5.Ta/c4*1-2-3;2*1-2;/h4*3H,2H2,1H3;2*1H2,2H3;/q;;;;2*-1;+2. The van der Waals surface area contributed by atoms with Crippen LogP contribution >= 0.6 is 0 Å². The number of hydrogen-bond acceptors (Lipinski definition) is 4. The first-order valence-corrected chi connectivity index (χ1v) is 5.51. The average molecular weight is 423 g/mol. The van der Waals surface area contributed by atoms with Gasteiger partial charge in [-0.05, 0) is 27.7 Å². The molecule has 0 aromatic rings. The minimum atomic E-state index is 0. The molecule has 0 unspecified atom stereocenters. The van der Waals surface area contributed by atoms with Gasteiger partial charge in [-0.1, -0.05) is 0 Å². The van der Waals surface area contributed by atoms with E-state index in [2.05, 4.69) is 13.8 Å². The second-order valence-corrected chi connectivity index (χ2v) is 1.26. The predicted octanol–water partition coefficient (Wildman–Crippen LogP) is 1.67. The van der Waals surface area contributed by atoms with E-state index in [0.717, 1.165) is 0 Å². The molecule has 0 rings (SSSR count). The van der Waals surface area contributed by atoms with Gasteiger partial charge in [0.05, 0.1) is 0 Å². The van der Waals surface area contributed by atoms with Gasteiger partial charge < -0.3 is 34.3 Å². The van der Waals surface area contributed by atoms with Crippen LogP contribution in [0.5, 0.6) is 0 Å². The van der Waals surface area contributed by atoms with E-state index in [1.54, 1.807) is 41.5 Å². The van der Waals surface area contributed by atoms with Crippen LogP contribution in [0.4, 0.5) is 0 Å². The molecule has 0 spiro atoms. The van der Waals surface area contributed by atoms with E-state index in [4.69, 9.17) is 20.4 Å². The topological polar surface area (TPSA) is 80.9 Å².